The zero-order valence-corrected chi connectivity index (χ0v) is 20.2. The van der Waals surface area contributed by atoms with E-state index in [9.17, 15) is 0 Å². The van der Waals surface area contributed by atoms with Crippen LogP contribution in [-0.4, -0.2) is 47.5 Å². The van der Waals surface area contributed by atoms with E-state index in [2.05, 4.69) is 74.0 Å². The van der Waals surface area contributed by atoms with Crippen molar-refractivity contribution in [1.29, 1.82) is 0 Å². The van der Waals surface area contributed by atoms with Gasteiger partial charge in [-0.1, -0.05) is 90.5 Å². The van der Waals surface area contributed by atoms with Crippen LogP contribution >= 0.6 is 0 Å². The van der Waals surface area contributed by atoms with Gasteiger partial charge in [-0.2, -0.15) is 20.1 Å². The summed E-state index contributed by atoms with van der Waals surface area (Å²) in [6, 6.07) is 28.6. The number of anilines is 3. The second kappa shape index (κ2) is 11.4. The first-order valence-electron chi connectivity index (χ1n) is 12.1. The Bertz CT molecular complexity index is 1250. The topological polar surface area (TPSA) is 87.6 Å². The average Bonchev–Trinajstić information content (AvgIpc) is 2.93. The lowest BCUT2D eigenvalue weighted by molar-refractivity contribution is 0.122. The molecule has 1 fully saturated rings. The van der Waals surface area contributed by atoms with Crippen molar-refractivity contribution in [2.24, 2.45) is 5.10 Å². The highest BCUT2D eigenvalue weighted by Gasteiger charge is 2.20. The predicted molar refractivity (Wildman–Crippen MR) is 144 cm³/mol. The fourth-order valence-corrected chi connectivity index (χ4v) is 4.08. The summed E-state index contributed by atoms with van der Waals surface area (Å²) in [4.78, 5) is 16.2. The van der Waals surface area contributed by atoms with E-state index < -0.39 is 0 Å². The van der Waals surface area contributed by atoms with Crippen molar-refractivity contribution in [3.63, 3.8) is 0 Å². The van der Waals surface area contributed by atoms with E-state index in [-0.39, 0.29) is 6.04 Å². The molecule has 3 aromatic carbocycles. The molecule has 2 N–H and O–H groups in total. The van der Waals surface area contributed by atoms with Crippen LogP contribution in [0.15, 0.2) is 90.0 Å². The number of hydrogen-bond donors (Lipinski definition) is 2. The Morgan fingerprint density at radius 1 is 0.833 bits per heavy atom. The van der Waals surface area contributed by atoms with E-state index in [1.807, 2.05) is 48.5 Å². The zero-order valence-electron chi connectivity index (χ0n) is 20.2. The number of aryl methyl sites for hydroxylation is 1. The van der Waals surface area contributed by atoms with Crippen LogP contribution in [0, 0.1) is 6.92 Å². The standard InChI is InChI=1S/C28H29N7O/c1-21-9-8-10-22(19-21)20-29-34-27-31-26(32-28(33-27)35-15-17-36-18-16-35)30-25(23-11-4-2-5-12-23)24-13-6-3-7-14-24/h2-14,19-20,25H,15-18H2,1H3,(H2,30,31,32,33,34)/b29-20+. The van der Waals surface area contributed by atoms with E-state index in [1.54, 1.807) is 6.21 Å². The molecule has 0 radical (unpaired) electrons. The molecule has 1 aliphatic heterocycles. The van der Waals surface area contributed by atoms with Gasteiger partial charge >= 0.3 is 0 Å². The molecule has 4 aromatic rings. The van der Waals surface area contributed by atoms with Crippen LogP contribution in [0.5, 0.6) is 0 Å². The fraction of sp³-hybridized carbons (Fsp3) is 0.214. The van der Waals surface area contributed by atoms with E-state index in [1.165, 1.54) is 5.56 Å². The summed E-state index contributed by atoms with van der Waals surface area (Å²) in [6.07, 6.45) is 1.76. The molecule has 8 nitrogen and oxygen atoms in total. The maximum Gasteiger partial charge on any atom is 0.250 e. The molecule has 0 amide bonds. The van der Waals surface area contributed by atoms with Crippen molar-refractivity contribution in [3.8, 4) is 0 Å². The van der Waals surface area contributed by atoms with E-state index in [0.29, 0.717) is 31.1 Å². The molecule has 0 spiro atoms. The zero-order chi connectivity index (χ0) is 24.6. The van der Waals surface area contributed by atoms with Gasteiger partial charge in [-0.15, -0.1) is 0 Å². The maximum absolute atomic E-state index is 5.52. The smallest absolute Gasteiger partial charge is 0.250 e. The molecule has 1 aromatic heterocycles. The molecular formula is C28H29N7O. The number of aromatic nitrogens is 3. The Labute approximate surface area is 211 Å². The van der Waals surface area contributed by atoms with E-state index >= 15 is 0 Å². The third-order valence-corrected chi connectivity index (χ3v) is 5.88. The lowest BCUT2D eigenvalue weighted by atomic mass is 9.99. The van der Waals surface area contributed by atoms with Gasteiger partial charge in [-0.05, 0) is 23.6 Å². The normalized spacial score (nSPS) is 13.8. The minimum atomic E-state index is -0.129. The fourth-order valence-electron chi connectivity index (χ4n) is 4.08. The molecule has 0 atom stereocenters. The molecule has 0 unspecified atom stereocenters. The number of ether oxygens (including phenoxy) is 1. The number of nitrogens with zero attached hydrogens (tertiary/aromatic N) is 5. The first kappa shape index (κ1) is 23.4. The Morgan fingerprint density at radius 2 is 1.50 bits per heavy atom. The summed E-state index contributed by atoms with van der Waals surface area (Å²) >= 11 is 0. The number of hydrogen-bond acceptors (Lipinski definition) is 8. The van der Waals surface area contributed by atoms with Gasteiger partial charge in [0.1, 0.15) is 0 Å². The summed E-state index contributed by atoms with van der Waals surface area (Å²) < 4.78 is 5.52. The van der Waals surface area contributed by atoms with Crippen LogP contribution in [0.25, 0.3) is 0 Å². The van der Waals surface area contributed by atoms with E-state index in [0.717, 1.165) is 29.8 Å². The molecule has 8 heteroatoms. The van der Waals surface area contributed by atoms with Crippen LogP contribution < -0.4 is 15.6 Å². The Morgan fingerprint density at radius 3 is 2.17 bits per heavy atom. The van der Waals surface area contributed by atoms with Crippen LogP contribution in [-0.2, 0) is 4.74 Å². The first-order valence-corrected chi connectivity index (χ1v) is 12.1. The molecule has 36 heavy (non-hydrogen) atoms. The minimum absolute atomic E-state index is 0.129. The third kappa shape index (κ3) is 6.03. The summed E-state index contributed by atoms with van der Waals surface area (Å²) in [7, 11) is 0. The minimum Gasteiger partial charge on any atom is -0.378 e. The van der Waals surface area contributed by atoms with Crippen LogP contribution in [0.4, 0.5) is 17.8 Å². The number of morpholine rings is 1. The lowest BCUT2D eigenvalue weighted by Gasteiger charge is -2.27. The number of benzene rings is 3. The van der Waals surface area contributed by atoms with Gasteiger partial charge in [0, 0.05) is 13.1 Å². The number of nitrogens with one attached hydrogen (secondary N) is 2. The van der Waals surface area contributed by atoms with Gasteiger partial charge < -0.3 is 15.0 Å². The average molecular weight is 480 g/mol. The van der Waals surface area contributed by atoms with Crippen LogP contribution in [0.3, 0.4) is 0 Å². The molecular weight excluding hydrogens is 450 g/mol. The monoisotopic (exact) mass is 479 g/mol. The third-order valence-electron chi connectivity index (χ3n) is 5.88. The summed E-state index contributed by atoms with van der Waals surface area (Å²) in [5.41, 5.74) is 7.40. The van der Waals surface area contributed by atoms with Crippen LogP contribution in [0.1, 0.15) is 28.3 Å². The Balaban J connectivity index is 1.45. The molecule has 0 saturated carbocycles. The predicted octanol–water partition coefficient (Wildman–Crippen LogP) is 4.66. The summed E-state index contributed by atoms with van der Waals surface area (Å²) in [5.74, 6) is 1.43. The van der Waals surface area contributed by atoms with Crippen LogP contribution in [0.2, 0.25) is 0 Å². The SMILES string of the molecule is Cc1cccc(/C=N/Nc2nc(NC(c3ccccc3)c3ccccc3)nc(N3CCOCC3)n2)c1. The van der Waals surface area contributed by atoms with Gasteiger partial charge in [-0.25, -0.2) is 5.43 Å². The number of rotatable bonds is 8. The van der Waals surface area contributed by atoms with Gasteiger partial charge in [0.05, 0.1) is 25.5 Å². The lowest BCUT2D eigenvalue weighted by Crippen LogP contribution is -2.37. The molecule has 1 saturated heterocycles. The van der Waals surface area contributed by atoms with Crippen molar-refractivity contribution in [2.75, 3.05) is 41.9 Å². The first-order chi connectivity index (χ1) is 17.7. The van der Waals surface area contributed by atoms with E-state index in [4.69, 9.17) is 9.72 Å². The second-order valence-corrected chi connectivity index (χ2v) is 8.56. The molecule has 2 heterocycles. The van der Waals surface area contributed by atoms with Crippen molar-refractivity contribution >= 4 is 24.1 Å². The number of hydrazone groups is 1. The quantitative estimate of drug-likeness (QED) is 0.281. The van der Waals surface area contributed by atoms with Crippen molar-refractivity contribution in [2.45, 2.75) is 13.0 Å². The summed E-state index contributed by atoms with van der Waals surface area (Å²) in [6.45, 7) is 4.77. The highest BCUT2D eigenvalue weighted by atomic mass is 16.5. The highest BCUT2D eigenvalue weighted by molar-refractivity contribution is 5.80. The van der Waals surface area contributed by atoms with Gasteiger partial charge in [0.2, 0.25) is 17.8 Å². The Kier molecular flexibility index (Phi) is 7.44. The van der Waals surface area contributed by atoms with Crippen molar-refractivity contribution in [1.82, 2.24) is 15.0 Å². The second-order valence-electron chi connectivity index (χ2n) is 8.56. The molecule has 0 bridgehead atoms. The summed E-state index contributed by atoms with van der Waals surface area (Å²) in [5, 5.41) is 7.91. The largest absolute Gasteiger partial charge is 0.378 e. The maximum atomic E-state index is 5.52. The van der Waals surface area contributed by atoms with Gasteiger partial charge in [-0.3, -0.25) is 0 Å². The van der Waals surface area contributed by atoms with Crippen molar-refractivity contribution < 1.29 is 4.74 Å². The highest BCUT2D eigenvalue weighted by Crippen LogP contribution is 2.26. The van der Waals surface area contributed by atoms with Gasteiger partial charge in [0.25, 0.3) is 0 Å². The van der Waals surface area contributed by atoms with Gasteiger partial charge in [0.15, 0.2) is 0 Å². The van der Waals surface area contributed by atoms with Crippen molar-refractivity contribution in [3.05, 3.63) is 107 Å². The Hall–Kier alpha value is -4.30. The molecule has 0 aliphatic carbocycles. The molecule has 1 aliphatic rings. The molecule has 5 rings (SSSR count). The molecule has 182 valence electrons.